The highest BCUT2D eigenvalue weighted by Gasteiger charge is 2.27. The van der Waals surface area contributed by atoms with E-state index in [4.69, 9.17) is 0 Å². The fraction of sp³-hybridized carbons (Fsp3) is 0.923. The van der Waals surface area contributed by atoms with E-state index in [-0.39, 0.29) is 24.1 Å². The molecule has 0 aromatic heterocycles. The molecule has 4 nitrogen and oxygen atoms in total. The van der Waals surface area contributed by atoms with Gasteiger partial charge in [0, 0.05) is 31.3 Å². The van der Waals surface area contributed by atoms with Crippen molar-refractivity contribution in [1.82, 2.24) is 10.2 Å². The minimum Gasteiger partial charge on any atom is -0.393 e. The molecule has 1 aliphatic carbocycles. The highest BCUT2D eigenvalue weighted by Crippen LogP contribution is 2.25. The van der Waals surface area contributed by atoms with E-state index in [9.17, 15) is 9.90 Å². The smallest absolute Gasteiger partial charge is 0.317 e. The molecule has 0 aromatic carbocycles. The molecule has 0 aliphatic heterocycles. The summed E-state index contributed by atoms with van der Waals surface area (Å²) in [5, 5.41) is 12.8. The zero-order valence-electron chi connectivity index (χ0n) is 11.7. The van der Waals surface area contributed by atoms with Gasteiger partial charge in [-0.15, -0.1) is 0 Å². The standard InChI is InChI=1S/C13H26N2O2S/c1-4-11(9-18-3)14-13(17)15(2)8-10-6-5-7-12(10)16/h10-12,16H,4-9H2,1-3H3,(H,14,17). The monoisotopic (exact) mass is 274 g/mol. The number of nitrogens with zero attached hydrogens (tertiary/aromatic N) is 1. The van der Waals surface area contributed by atoms with Crippen LogP contribution in [-0.2, 0) is 0 Å². The van der Waals surface area contributed by atoms with Gasteiger partial charge in [-0.3, -0.25) is 0 Å². The molecular formula is C13H26N2O2S. The topological polar surface area (TPSA) is 52.6 Å². The maximum Gasteiger partial charge on any atom is 0.317 e. The molecule has 1 aliphatic rings. The van der Waals surface area contributed by atoms with Gasteiger partial charge in [-0.2, -0.15) is 11.8 Å². The molecule has 18 heavy (non-hydrogen) atoms. The van der Waals surface area contributed by atoms with Crippen molar-refractivity contribution < 1.29 is 9.90 Å². The maximum atomic E-state index is 12.0. The third-order valence-corrected chi connectivity index (χ3v) is 4.40. The number of thioether (sulfide) groups is 1. The third kappa shape index (κ3) is 4.69. The van der Waals surface area contributed by atoms with Crippen LogP contribution in [0.2, 0.25) is 0 Å². The molecule has 0 heterocycles. The van der Waals surface area contributed by atoms with Crippen molar-refractivity contribution in [2.45, 2.75) is 44.8 Å². The number of aliphatic hydroxyl groups excluding tert-OH is 1. The Labute approximate surface area is 115 Å². The van der Waals surface area contributed by atoms with E-state index in [1.54, 1.807) is 16.7 Å². The Morgan fingerprint density at radius 1 is 1.56 bits per heavy atom. The third-order valence-electron chi connectivity index (χ3n) is 3.66. The first kappa shape index (κ1) is 15.6. The number of carbonyl (C=O) groups is 1. The van der Waals surface area contributed by atoms with Crippen LogP contribution in [0.5, 0.6) is 0 Å². The number of hydrogen-bond acceptors (Lipinski definition) is 3. The number of urea groups is 1. The van der Waals surface area contributed by atoms with Crippen molar-refractivity contribution in [3.8, 4) is 0 Å². The second-order valence-corrected chi connectivity index (χ2v) is 6.06. The molecule has 0 saturated heterocycles. The molecule has 0 aromatic rings. The average Bonchev–Trinajstić information content (AvgIpc) is 2.74. The summed E-state index contributed by atoms with van der Waals surface area (Å²) in [5.41, 5.74) is 0. The summed E-state index contributed by atoms with van der Waals surface area (Å²) in [5.74, 6) is 1.20. The Bertz CT molecular complexity index is 263. The molecule has 2 N–H and O–H groups in total. The van der Waals surface area contributed by atoms with Crippen LogP contribution in [0.3, 0.4) is 0 Å². The maximum absolute atomic E-state index is 12.0. The molecule has 3 atom stereocenters. The molecule has 0 spiro atoms. The Hall–Kier alpha value is -0.420. The Morgan fingerprint density at radius 3 is 2.78 bits per heavy atom. The molecule has 5 heteroatoms. The summed E-state index contributed by atoms with van der Waals surface area (Å²) >= 11 is 1.75. The fourth-order valence-electron chi connectivity index (χ4n) is 2.41. The first-order valence-electron chi connectivity index (χ1n) is 6.77. The van der Waals surface area contributed by atoms with Crippen molar-refractivity contribution >= 4 is 17.8 Å². The molecule has 0 bridgehead atoms. The summed E-state index contributed by atoms with van der Waals surface area (Å²) in [6.45, 7) is 2.74. The van der Waals surface area contributed by atoms with Gasteiger partial charge in [-0.1, -0.05) is 13.3 Å². The van der Waals surface area contributed by atoms with E-state index in [0.29, 0.717) is 6.54 Å². The normalized spacial score (nSPS) is 24.9. The van der Waals surface area contributed by atoms with Gasteiger partial charge in [0.25, 0.3) is 0 Å². The van der Waals surface area contributed by atoms with Crippen LogP contribution in [0.25, 0.3) is 0 Å². The molecule has 3 unspecified atom stereocenters. The predicted molar refractivity (Wildman–Crippen MR) is 77.0 cm³/mol. The Morgan fingerprint density at radius 2 is 2.28 bits per heavy atom. The van der Waals surface area contributed by atoms with Crippen molar-refractivity contribution in [3.63, 3.8) is 0 Å². The van der Waals surface area contributed by atoms with Gasteiger partial charge >= 0.3 is 6.03 Å². The van der Waals surface area contributed by atoms with Crippen LogP contribution in [0.1, 0.15) is 32.6 Å². The number of carbonyl (C=O) groups excluding carboxylic acids is 1. The largest absolute Gasteiger partial charge is 0.393 e. The highest BCUT2D eigenvalue weighted by molar-refractivity contribution is 7.98. The van der Waals surface area contributed by atoms with Crippen molar-refractivity contribution in [1.29, 1.82) is 0 Å². The summed E-state index contributed by atoms with van der Waals surface area (Å²) in [7, 11) is 1.81. The van der Waals surface area contributed by atoms with Gasteiger partial charge in [0.1, 0.15) is 0 Å². The molecule has 1 saturated carbocycles. The van der Waals surface area contributed by atoms with Gasteiger partial charge in [0.05, 0.1) is 6.10 Å². The highest BCUT2D eigenvalue weighted by atomic mass is 32.2. The van der Waals surface area contributed by atoms with Gasteiger partial charge < -0.3 is 15.3 Å². The SMILES string of the molecule is CCC(CSC)NC(=O)N(C)CC1CCCC1O. The number of amides is 2. The summed E-state index contributed by atoms with van der Waals surface area (Å²) < 4.78 is 0. The van der Waals surface area contributed by atoms with E-state index in [1.807, 2.05) is 13.3 Å². The molecule has 106 valence electrons. The van der Waals surface area contributed by atoms with Crippen molar-refractivity contribution in [2.24, 2.45) is 5.92 Å². The lowest BCUT2D eigenvalue weighted by molar-refractivity contribution is 0.113. The number of nitrogens with one attached hydrogen (secondary N) is 1. The summed E-state index contributed by atoms with van der Waals surface area (Å²) in [6.07, 6.45) is 5.75. The predicted octanol–water partition coefficient (Wildman–Crippen LogP) is 1.93. The second-order valence-electron chi connectivity index (χ2n) is 5.15. The van der Waals surface area contributed by atoms with E-state index in [0.717, 1.165) is 31.4 Å². The Kier molecular flexibility index (Phi) is 6.86. The average molecular weight is 274 g/mol. The van der Waals surface area contributed by atoms with Crippen LogP contribution >= 0.6 is 11.8 Å². The number of aliphatic hydroxyl groups is 1. The number of hydrogen-bond donors (Lipinski definition) is 2. The van der Waals surface area contributed by atoms with Crippen molar-refractivity contribution in [3.05, 3.63) is 0 Å². The number of rotatable bonds is 6. The minimum absolute atomic E-state index is 0.0185. The van der Waals surface area contributed by atoms with E-state index >= 15 is 0 Å². The lowest BCUT2D eigenvalue weighted by atomic mass is 10.1. The van der Waals surface area contributed by atoms with E-state index in [2.05, 4.69) is 12.2 Å². The van der Waals surface area contributed by atoms with E-state index < -0.39 is 0 Å². The lowest BCUT2D eigenvalue weighted by Gasteiger charge is -2.26. The molecular weight excluding hydrogens is 248 g/mol. The van der Waals surface area contributed by atoms with E-state index in [1.165, 1.54) is 0 Å². The molecule has 0 radical (unpaired) electrons. The first-order chi connectivity index (χ1) is 8.58. The minimum atomic E-state index is -0.228. The first-order valence-corrected chi connectivity index (χ1v) is 8.16. The van der Waals surface area contributed by atoms with Crippen LogP contribution in [0.4, 0.5) is 4.79 Å². The van der Waals surface area contributed by atoms with Gasteiger partial charge in [0.15, 0.2) is 0 Å². The van der Waals surface area contributed by atoms with Crippen molar-refractivity contribution in [2.75, 3.05) is 25.6 Å². The zero-order chi connectivity index (χ0) is 13.5. The molecule has 2 amide bonds. The molecule has 1 rings (SSSR count). The van der Waals surface area contributed by atoms with Crippen LogP contribution in [-0.4, -0.2) is 53.8 Å². The zero-order valence-corrected chi connectivity index (χ0v) is 12.5. The van der Waals surface area contributed by atoms with Gasteiger partial charge in [0.2, 0.25) is 0 Å². The second kappa shape index (κ2) is 7.89. The molecule has 1 fully saturated rings. The van der Waals surface area contributed by atoms with Crippen LogP contribution < -0.4 is 5.32 Å². The summed E-state index contributed by atoms with van der Waals surface area (Å²) in [4.78, 5) is 13.7. The Balaban J connectivity index is 2.35. The van der Waals surface area contributed by atoms with Crippen LogP contribution in [0, 0.1) is 5.92 Å². The summed E-state index contributed by atoms with van der Waals surface area (Å²) in [6, 6.07) is 0.221. The lowest BCUT2D eigenvalue weighted by Crippen LogP contribution is -2.46. The van der Waals surface area contributed by atoms with Gasteiger partial charge in [-0.25, -0.2) is 4.79 Å². The van der Waals surface area contributed by atoms with Crippen LogP contribution in [0.15, 0.2) is 0 Å². The van der Waals surface area contributed by atoms with Gasteiger partial charge in [-0.05, 0) is 25.5 Å². The quantitative estimate of drug-likeness (QED) is 0.778. The fourth-order valence-corrected chi connectivity index (χ4v) is 3.13.